The Morgan fingerprint density at radius 2 is 2.26 bits per heavy atom. The zero-order chi connectivity index (χ0) is 13.8. The first-order valence-corrected chi connectivity index (χ1v) is 6.80. The van der Waals surface area contributed by atoms with E-state index in [1.54, 1.807) is 0 Å². The van der Waals surface area contributed by atoms with Crippen molar-refractivity contribution in [2.24, 2.45) is 0 Å². The highest BCUT2D eigenvalue weighted by Crippen LogP contribution is 2.36. The van der Waals surface area contributed by atoms with Gasteiger partial charge in [0.25, 0.3) is 0 Å². The Balaban J connectivity index is 2.44. The van der Waals surface area contributed by atoms with Crippen LogP contribution in [0.4, 0.5) is 0 Å². The van der Waals surface area contributed by atoms with Crippen molar-refractivity contribution in [3.8, 4) is 11.5 Å². The molecule has 102 valence electrons. The molecule has 0 fully saturated rings. The highest BCUT2D eigenvalue weighted by molar-refractivity contribution is 5.83. The lowest BCUT2D eigenvalue weighted by molar-refractivity contribution is -0.104. The smallest absolute Gasteiger partial charge is 0.146 e. The van der Waals surface area contributed by atoms with Crippen LogP contribution in [0.3, 0.4) is 0 Å². The first kappa shape index (κ1) is 13.7. The van der Waals surface area contributed by atoms with E-state index in [1.807, 2.05) is 32.1 Å². The van der Waals surface area contributed by atoms with Crippen LogP contribution in [0, 0.1) is 0 Å². The molecule has 1 atom stereocenters. The molecule has 19 heavy (non-hydrogen) atoms. The van der Waals surface area contributed by atoms with Gasteiger partial charge < -0.3 is 9.47 Å². The van der Waals surface area contributed by atoms with Gasteiger partial charge in [0.05, 0.1) is 6.61 Å². The van der Waals surface area contributed by atoms with E-state index >= 15 is 0 Å². The molecule has 1 aromatic rings. The SMILES string of the molecule is CCOc1cc2c(cc1C=C(C=O)CC)OC(C)C2. The first-order chi connectivity index (χ1) is 9.17. The lowest BCUT2D eigenvalue weighted by Gasteiger charge is -2.10. The van der Waals surface area contributed by atoms with E-state index < -0.39 is 0 Å². The van der Waals surface area contributed by atoms with Crippen LogP contribution in [0.25, 0.3) is 6.08 Å². The summed E-state index contributed by atoms with van der Waals surface area (Å²) >= 11 is 0. The molecule has 2 rings (SSSR count). The van der Waals surface area contributed by atoms with Crippen molar-refractivity contribution in [3.05, 3.63) is 28.8 Å². The number of allylic oxidation sites excluding steroid dienone is 1. The number of ether oxygens (including phenoxy) is 2. The molecule has 1 aromatic carbocycles. The van der Waals surface area contributed by atoms with Crippen molar-refractivity contribution in [1.29, 1.82) is 0 Å². The second kappa shape index (κ2) is 5.91. The van der Waals surface area contributed by atoms with Crippen LogP contribution < -0.4 is 9.47 Å². The molecule has 3 heteroatoms. The zero-order valence-electron chi connectivity index (χ0n) is 11.7. The quantitative estimate of drug-likeness (QED) is 0.601. The third kappa shape index (κ3) is 2.98. The Morgan fingerprint density at radius 1 is 1.47 bits per heavy atom. The Bertz CT molecular complexity index is 503. The fraction of sp³-hybridized carbons (Fsp3) is 0.438. The van der Waals surface area contributed by atoms with Crippen molar-refractivity contribution < 1.29 is 14.3 Å². The summed E-state index contributed by atoms with van der Waals surface area (Å²) in [5, 5.41) is 0. The number of carbonyl (C=O) groups excluding carboxylic acids is 1. The number of carbonyl (C=O) groups is 1. The van der Waals surface area contributed by atoms with Gasteiger partial charge >= 0.3 is 0 Å². The maximum absolute atomic E-state index is 11.0. The number of rotatable bonds is 5. The number of aldehydes is 1. The fourth-order valence-electron chi connectivity index (χ4n) is 2.27. The highest BCUT2D eigenvalue weighted by Gasteiger charge is 2.21. The van der Waals surface area contributed by atoms with E-state index in [9.17, 15) is 4.79 Å². The first-order valence-electron chi connectivity index (χ1n) is 6.80. The zero-order valence-corrected chi connectivity index (χ0v) is 11.7. The maximum atomic E-state index is 11.0. The second-order valence-electron chi connectivity index (χ2n) is 4.75. The van der Waals surface area contributed by atoms with Crippen LogP contribution in [0.1, 0.15) is 38.3 Å². The van der Waals surface area contributed by atoms with Gasteiger partial charge in [-0.1, -0.05) is 6.92 Å². The minimum Gasteiger partial charge on any atom is -0.493 e. The van der Waals surface area contributed by atoms with Gasteiger partial charge in [0, 0.05) is 17.5 Å². The average molecular weight is 260 g/mol. The van der Waals surface area contributed by atoms with Crippen LogP contribution in [0.2, 0.25) is 0 Å². The van der Waals surface area contributed by atoms with Gasteiger partial charge in [0.15, 0.2) is 0 Å². The minimum atomic E-state index is 0.209. The standard InChI is InChI=1S/C16H20O3/c1-4-12(10-17)7-14-9-16-13(6-11(3)19-16)8-15(14)18-5-2/h7-11H,4-6H2,1-3H3. The maximum Gasteiger partial charge on any atom is 0.146 e. The number of benzene rings is 1. The lowest BCUT2D eigenvalue weighted by atomic mass is 10.0. The molecule has 1 aliphatic heterocycles. The van der Waals surface area contributed by atoms with E-state index in [-0.39, 0.29) is 6.10 Å². The normalized spacial score (nSPS) is 17.8. The summed E-state index contributed by atoms with van der Waals surface area (Å²) in [5.41, 5.74) is 2.85. The fourth-order valence-corrected chi connectivity index (χ4v) is 2.27. The third-order valence-electron chi connectivity index (χ3n) is 3.23. The molecule has 0 N–H and O–H groups in total. The molecule has 0 bridgehead atoms. The molecule has 1 heterocycles. The summed E-state index contributed by atoms with van der Waals surface area (Å²) in [7, 11) is 0. The Morgan fingerprint density at radius 3 is 2.89 bits per heavy atom. The van der Waals surface area contributed by atoms with Gasteiger partial charge in [-0.25, -0.2) is 0 Å². The predicted octanol–water partition coefficient (Wildman–Crippen LogP) is 3.40. The Kier molecular flexibility index (Phi) is 4.25. The van der Waals surface area contributed by atoms with Crippen LogP contribution in [0.5, 0.6) is 11.5 Å². The van der Waals surface area contributed by atoms with Gasteiger partial charge in [0.2, 0.25) is 0 Å². The van der Waals surface area contributed by atoms with Gasteiger partial charge in [-0.05, 0) is 44.1 Å². The molecular formula is C16H20O3. The monoisotopic (exact) mass is 260 g/mol. The number of hydrogen-bond donors (Lipinski definition) is 0. The molecule has 0 saturated carbocycles. The van der Waals surface area contributed by atoms with Gasteiger partial charge in [-0.2, -0.15) is 0 Å². The molecule has 0 spiro atoms. The van der Waals surface area contributed by atoms with E-state index in [2.05, 4.69) is 6.92 Å². The molecule has 1 unspecified atom stereocenters. The van der Waals surface area contributed by atoms with Crippen molar-refractivity contribution in [3.63, 3.8) is 0 Å². The van der Waals surface area contributed by atoms with Crippen LogP contribution in [0.15, 0.2) is 17.7 Å². The molecule has 3 nitrogen and oxygen atoms in total. The van der Waals surface area contributed by atoms with E-state index in [1.165, 1.54) is 5.56 Å². The molecule has 0 amide bonds. The summed E-state index contributed by atoms with van der Waals surface area (Å²) in [6, 6.07) is 4.01. The van der Waals surface area contributed by atoms with Gasteiger partial charge in [-0.3, -0.25) is 4.79 Å². The van der Waals surface area contributed by atoms with E-state index in [0.717, 1.165) is 35.3 Å². The van der Waals surface area contributed by atoms with Crippen LogP contribution in [-0.4, -0.2) is 19.0 Å². The Labute approximate surface area is 114 Å². The van der Waals surface area contributed by atoms with E-state index in [0.29, 0.717) is 13.0 Å². The molecule has 0 aliphatic carbocycles. The van der Waals surface area contributed by atoms with Crippen molar-refractivity contribution in [1.82, 2.24) is 0 Å². The summed E-state index contributed by atoms with van der Waals surface area (Å²) in [4.78, 5) is 11.0. The molecule has 0 saturated heterocycles. The molecular weight excluding hydrogens is 240 g/mol. The van der Waals surface area contributed by atoms with Crippen molar-refractivity contribution in [2.45, 2.75) is 39.7 Å². The lowest BCUT2D eigenvalue weighted by Crippen LogP contribution is -2.05. The van der Waals surface area contributed by atoms with Gasteiger partial charge in [0.1, 0.15) is 23.9 Å². The third-order valence-corrected chi connectivity index (χ3v) is 3.23. The second-order valence-corrected chi connectivity index (χ2v) is 4.75. The highest BCUT2D eigenvalue weighted by atomic mass is 16.5. The minimum absolute atomic E-state index is 0.209. The summed E-state index contributed by atoms with van der Waals surface area (Å²) in [5.74, 6) is 1.73. The molecule has 0 radical (unpaired) electrons. The summed E-state index contributed by atoms with van der Waals surface area (Å²) < 4.78 is 11.4. The largest absolute Gasteiger partial charge is 0.493 e. The van der Waals surface area contributed by atoms with E-state index in [4.69, 9.17) is 9.47 Å². The average Bonchev–Trinajstić information content (AvgIpc) is 2.75. The van der Waals surface area contributed by atoms with Crippen molar-refractivity contribution in [2.75, 3.05) is 6.61 Å². The molecule has 0 aromatic heterocycles. The van der Waals surface area contributed by atoms with Crippen LogP contribution in [-0.2, 0) is 11.2 Å². The topological polar surface area (TPSA) is 35.5 Å². The summed E-state index contributed by atoms with van der Waals surface area (Å²) in [6.45, 7) is 6.59. The van der Waals surface area contributed by atoms with Crippen LogP contribution >= 0.6 is 0 Å². The predicted molar refractivity (Wildman–Crippen MR) is 75.7 cm³/mol. The number of fused-ring (bicyclic) bond motifs is 1. The summed E-state index contributed by atoms with van der Waals surface area (Å²) in [6.07, 6.45) is 4.61. The Hall–Kier alpha value is -1.77. The number of hydrogen-bond acceptors (Lipinski definition) is 3. The van der Waals surface area contributed by atoms with Gasteiger partial charge in [-0.15, -0.1) is 0 Å². The molecule has 1 aliphatic rings. The van der Waals surface area contributed by atoms with Crippen molar-refractivity contribution >= 4 is 12.4 Å².